The monoisotopic (exact) mass is 470 g/mol. The van der Waals surface area contributed by atoms with Crippen LogP contribution in [0.25, 0.3) is 11.3 Å². The molecule has 0 unspecified atom stereocenters. The van der Waals surface area contributed by atoms with Crippen LogP contribution in [0, 0.1) is 10.8 Å². The van der Waals surface area contributed by atoms with Crippen LogP contribution in [0.5, 0.6) is 0 Å². The van der Waals surface area contributed by atoms with E-state index in [2.05, 4.69) is 70.5 Å². The first kappa shape index (κ1) is 21.7. The lowest BCUT2D eigenvalue weighted by atomic mass is 9.34. The Kier molecular flexibility index (Phi) is 4.36. The second-order valence-corrected chi connectivity index (χ2v) is 12.4. The quantitative estimate of drug-likeness (QED) is 0.487. The van der Waals surface area contributed by atoms with Crippen LogP contribution in [0.3, 0.4) is 0 Å². The summed E-state index contributed by atoms with van der Waals surface area (Å²) in [7, 11) is 2.10. The second-order valence-electron chi connectivity index (χ2n) is 12.4. The van der Waals surface area contributed by atoms with Crippen molar-refractivity contribution < 1.29 is 10.2 Å². The smallest absolute Gasteiger partial charge is 0.124 e. The van der Waals surface area contributed by atoms with Gasteiger partial charge in [-0.1, -0.05) is 31.2 Å². The van der Waals surface area contributed by atoms with Gasteiger partial charge in [0.15, 0.2) is 0 Å². The molecule has 6 nitrogen and oxygen atoms in total. The zero-order valence-corrected chi connectivity index (χ0v) is 20.6. The maximum Gasteiger partial charge on any atom is 0.124 e. The fraction of sp³-hybridized carbons (Fsp3) is 0.517. The highest BCUT2D eigenvalue weighted by atomic mass is 16.3. The molecule has 3 heterocycles. The summed E-state index contributed by atoms with van der Waals surface area (Å²) in [4.78, 5) is 6.83. The van der Waals surface area contributed by atoms with Crippen molar-refractivity contribution in [3.05, 3.63) is 71.2 Å². The maximum atomic E-state index is 12.5. The molecule has 1 atom stereocenters. The van der Waals surface area contributed by atoms with Crippen molar-refractivity contribution in [3.63, 3.8) is 0 Å². The number of pyridine rings is 1. The molecule has 1 saturated heterocycles. The molecule has 2 aromatic heterocycles. The van der Waals surface area contributed by atoms with Crippen molar-refractivity contribution in [2.45, 2.75) is 56.0 Å². The van der Waals surface area contributed by atoms with Crippen molar-refractivity contribution in [2.24, 2.45) is 10.8 Å². The minimum atomic E-state index is -1.15. The third-order valence-electron chi connectivity index (χ3n) is 9.57. The Hall–Kier alpha value is -2.54. The van der Waals surface area contributed by atoms with Gasteiger partial charge in [0, 0.05) is 59.7 Å². The first-order valence-electron chi connectivity index (χ1n) is 12.9. The largest absolute Gasteiger partial charge is 0.396 e. The predicted octanol–water partition coefficient (Wildman–Crippen LogP) is 3.95. The van der Waals surface area contributed by atoms with Crippen LogP contribution in [-0.4, -0.2) is 57.0 Å². The van der Waals surface area contributed by atoms with Crippen molar-refractivity contribution in [1.29, 1.82) is 0 Å². The molecule has 8 rings (SSSR count). The van der Waals surface area contributed by atoms with Crippen LogP contribution >= 0.6 is 0 Å². The van der Waals surface area contributed by atoms with Gasteiger partial charge in [-0.3, -0.25) is 10.1 Å². The van der Waals surface area contributed by atoms with E-state index in [-0.39, 0.29) is 22.9 Å². The molecular weight excluding hydrogens is 436 g/mol. The number of benzene rings is 1. The van der Waals surface area contributed by atoms with E-state index in [1.165, 1.54) is 18.4 Å². The van der Waals surface area contributed by atoms with Crippen molar-refractivity contribution in [3.8, 4) is 11.3 Å². The molecule has 2 bridgehead atoms. The SMILES string of the molecule is CN1CC(C)([C@](O)(c2ccc(C3CC3)cc2)c2cncc(-c3cc(C45CC(CO)(C4)C5)[nH]n3)c2)C1. The number of likely N-dealkylation sites (tertiary alicyclic amines) is 1. The molecule has 5 aliphatic rings. The van der Waals surface area contributed by atoms with E-state index in [1.807, 2.05) is 12.4 Å². The standard InChI is InChI=1S/C29H34N4O2/c1-26(16-33(2)17-26)29(35,22-7-5-20(6-8-22)19-3-4-19)23-9-21(11-30-12-23)24-10-25(32-31-24)28-13-27(14-28,15-28)18-34/h5-12,19,34-35H,3-4,13-18H2,1-2H3,(H,31,32)/t27?,28?,29-/m0/s1. The van der Waals surface area contributed by atoms with E-state index >= 15 is 0 Å². The van der Waals surface area contributed by atoms with Crippen LogP contribution in [0.4, 0.5) is 0 Å². The predicted molar refractivity (Wildman–Crippen MR) is 134 cm³/mol. The summed E-state index contributed by atoms with van der Waals surface area (Å²) in [6, 6.07) is 12.9. The van der Waals surface area contributed by atoms with Gasteiger partial charge >= 0.3 is 0 Å². The van der Waals surface area contributed by atoms with Gasteiger partial charge in [0.25, 0.3) is 0 Å². The van der Waals surface area contributed by atoms with Gasteiger partial charge in [0.1, 0.15) is 5.60 Å². The number of nitrogens with one attached hydrogen (secondary N) is 1. The maximum absolute atomic E-state index is 12.5. The molecule has 1 aromatic carbocycles. The number of hydrogen-bond acceptors (Lipinski definition) is 5. The summed E-state index contributed by atoms with van der Waals surface area (Å²) in [5, 5.41) is 30.0. The van der Waals surface area contributed by atoms with Crippen LogP contribution < -0.4 is 0 Å². The summed E-state index contributed by atoms with van der Waals surface area (Å²) in [5.41, 5.74) is 4.91. The Morgan fingerprint density at radius 3 is 2.40 bits per heavy atom. The summed E-state index contributed by atoms with van der Waals surface area (Å²) in [6.07, 6.45) is 9.32. The van der Waals surface area contributed by atoms with Gasteiger partial charge in [-0.2, -0.15) is 5.10 Å². The highest BCUT2D eigenvalue weighted by Crippen LogP contribution is 2.73. The van der Waals surface area contributed by atoms with Crippen molar-refractivity contribution in [1.82, 2.24) is 20.1 Å². The van der Waals surface area contributed by atoms with E-state index in [4.69, 9.17) is 0 Å². The molecule has 5 fully saturated rings. The first-order chi connectivity index (χ1) is 16.8. The summed E-state index contributed by atoms with van der Waals surface area (Å²) < 4.78 is 0. The van der Waals surface area contributed by atoms with Gasteiger partial charge in [-0.05, 0) is 73.7 Å². The molecule has 0 amide bonds. The van der Waals surface area contributed by atoms with Crippen LogP contribution in [0.1, 0.15) is 67.3 Å². The number of nitrogens with zero attached hydrogens (tertiary/aromatic N) is 3. The Morgan fingerprint density at radius 2 is 1.77 bits per heavy atom. The van der Waals surface area contributed by atoms with E-state index in [9.17, 15) is 10.2 Å². The molecule has 0 spiro atoms. The number of rotatable bonds is 7. The average molecular weight is 471 g/mol. The van der Waals surface area contributed by atoms with Crippen LogP contribution in [0.15, 0.2) is 48.8 Å². The number of aromatic amines is 1. The lowest BCUT2D eigenvalue weighted by molar-refractivity contribution is -0.169. The van der Waals surface area contributed by atoms with Gasteiger partial charge < -0.3 is 15.1 Å². The van der Waals surface area contributed by atoms with E-state index in [0.717, 1.165) is 60.4 Å². The van der Waals surface area contributed by atoms with Crippen molar-refractivity contribution >= 4 is 0 Å². The topological polar surface area (TPSA) is 85.3 Å². The minimum absolute atomic E-state index is 0.156. The molecular formula is C29H34N4O2. The summed E-state index contributed by atoms with van der Waals surface area (Å²) in [5.74, 6) is 0.690. The number of H-pyrrole nitrogens is 1. The third-order valence-corrected chi connectivity index (χ3v) is 9.57. The van der Waals surface area contributed by atoms with E-state index < -0.39 is 5.60 Å². The average Bonchev–Trinajstić information content (AvgIpc) is 3.54. The minimum Gasteiger partial charge on any atom is -0.396 e. The molecule has 182 valence electrons. The summed E-state index contributed by atoms with van der Waals surface area (Å²) >= 11 is 0. The Bertz CT molecular complexity index is 1270. The van der Waals surface area contributed by atoms with Crippen LogP contribution in [-0.2, 0) is 11.0 Å². The Labute approximate surface area is 206 Å². The fourth-order valence-electron chi connectivity index (χ4n) is 7.62. The Balaban J connectivity index is 1.24. The molecule has 4 saturated carbocycles. The molecule has 0 radical (unpaired) electrons. The van der Waals surface area contributed by atoms with Crippen molar-refractivity contribution in [2.75, 3.05) is 26.7 Å². The molecule has 3 aromatic rings. The fourth-order valence-corrected chi connectivity index (χ4v) is 7.62. The zero-order chi connectivity index (χ0) is 24.1. The van der Waals surface area contributed by atoms with Gasteiger partial charge in [-0.25, -0.2) is 0 Å². The van der Waals surface area contributed by atoms with Crippen LogP contribution in [0.2, 0.25) is 0 Å². The number of hydrogen-bond donors (Lipinski definition) is 3. The molecule has 4 aliphatic carbocycles. The van der Waals surface area contributed by atoms with Gasteiger partial charge in [-0.15, -0.1) is 0 Å². The molecule has 6 heteroatoms. The van der Waals surface area contributed by atoms with E-state index in [0.29, 0.717) is 5.92 Å². The second kappa shape index (κ2) is 7.02. The number of aromatic nitrogens is 3. The van der Waals surface area contributed by atoms with Gasteiger partial charge in [0.05, 0.1) is 5.69 Å². The number of aliphatic hydroxyl groups excluding tert-OH is 1. The normalized spacial score (nSPS) is 30.6. The molecule has 3 N–H and O–H groups in total. The highest BCUT2D eigenvalue weighted by molar-refractivity contribution is 5.61. The lowest BCUT2D eigenvalue weighted by Gasteiger charge is -2.69. The zero-order valence-electron chi connectivity index (χ0n) is 20.6. The molecule has 35 heavy (non-hydrogen) atoms. The van der Waals surface area contributed by atoms with E-state index in [1.54, 1.807) is 0 Å². The first-order valence-corrected chi connectivity index (χ1v) is 12.9. The third kappa shape index (κ3) is 3.00. The summed E-state index contributed by atoms with van der Waals surface area (Å²) in [6.45, 7) is 4.11. The Morgan fingerprint density at radius 1 is 1.06 bits per heavy atom. The van der Waals surface area contributed by atoms with Gasteiger partial charge in [0.2, 0.25) is 0 Å². The number of aliphatic hydroxyl groups is 2. The lowest BCUT2D eigenvalue weighted by Crippen LogP contribution is -2.66. The molecule has 1 aliphatic heterocycles. The highest BCUT2D eigenvalue weighted by Gasteiger charge is 2.68.